The van der Waals surface area contributed by atoms with Gasteiger partial charge >= 0.3 is 0 Å². The summed E-state index contributed by atoms with van der Waals surface area (Å²) in [4.78, 5) is 27.3. The molecule has 2 fully saturated rings. The van der Waals surface area contributed by atoms with Gasteiger partial charge in [-0.1, -0.05) is 23.8 Å². The lowest BCUT2D eigenvalue weighted by Crippen LogP contribution is -2.44. The van der Waals surface area contributed by atoms with Crippen LogP contribution in [0.15, 0.2) is 36.4 Å². The molecule has 4 rings (SSSR count). The molecule has 3 aliphatic heterocycles. The molecule has 25 heavy (non-hydrogen) atoms. The molecule has 3 aliphatic rings. The van der Waals surface area contributed by atoms with Gasteiger partial charge in [-0.3, -0.25) is 9.59 Å². The van der Waals surface area contributed by atoms with Crippen LogP contribution in [0.3, 0.4) is 0 Å². The Labute approximate surface area is 150 Å². The number of hydrogen-bond acceptors (Lipinski definition) is 4. The van der Waals surface area contributed by atoms with Crippen molar-refractivity contribution in [3.05, 3.63) is 41.4 Å². The molecule has 0 aromatic heterocycles. The summed E-state index contributed by atoms with van der Waals surface area (Å²) in [5.41, 5.74) is 0.0125. The van der Waals surface area contributed by atoms with Crippen molar-refractivity contribution in [3.8, 4) is 0 Å². The minimum atomic E-state index is -0.736. The van der Waals surface area contributed by atoms with Gasteiger partial charge in [-0.05, 0) is 30.7 Å². The number of anilines is 1. The van der Waals surface area contributed by atoms with Crippen molar-refractivity contribution in [1.29, 1.82) is 0 Å². The lowest BCUT2D eigenvalue weighted by Gasteiger charge is -2.23. The molecule has 0 unspecified atom stereocenters. The molecule has 3 heterocycles. The zero-order valence-electron chi connectivity index (χ0n) is 13.5. The number of aliphatic hydroxyl groups excluding tert-OH is 1. The summed E-state index contributed by atoms with van der Waals surface area (Å²) in [5.74, 6) is -1.35. The number of carbonyl (C=O) groups excluding carboxylic acids is 2. The normalized spacial score (nSPS) is 32.3. The Morgan fingerprint density at radius 2 is 2.16 bits per heavy atom. The van der Waals surface area contributed by atoms with Crippen LogP contribution >= 0.6 is 11.6 Å². The van der Waals surface area contributed by atoms with Gasteiger partial charge in [0.15, 0.2) is 0 Å². The average Bonchev–Trinajstić information content (AvgIpc) is 3.24. The second kappa shape index (κ2) is 6.12. The highest BCUT2D eigenvalue weighted by Gasteiger charge is 2.66. The Morgan fingerprint density at radius 3 is 2.88 bits per heavy atom. The smallest absolute Gasteiger partial charge is 0.234 e. The van der Waals surface area contributed by atoms with E-state index in [1.54, 1.807) is 29.2 Å². The number of benzene rings is 1. The molecule has 132 valence electrons. The van der Waals surface area contributed by atoms with Gasteiger partial charge in [0.05, 0.1) is 24.5 Å². The van der Waals surface area contributed by atoms with E-state index in [1.165, 1.54) is 0 Å². The lowest BCUT2D eigenvalue weighted by atomic mass is 9.77. The number of ether oxygens (including phenoxy) is 1. The summed E-state index contributed by atoms with van der Waals surface area (Å²) in [6.45, 7) is 0.796. The topological polar surface area (TPSA) is 78.9 Å². The van der Waals surface area contributed by atoms with E-state index in [4.69, 9.17) is 21.4 Å². The monoisotopic (exact) mass is 362 g/mol. The summed E-state index contributed by atoms with van der Waals surface area (Å²) in [6, 6.07) is 7.07. The van der Waals surface area contributed by atoms with E-state index in [2.05, 4.69) is 5.32 Å². The van der Waals surface area contributed by atoms with Crippen LogP contribution in [0, 0.1) is 11.8 Å². The molecule has 7 heteroatoms. The summed E-state index contributed by atoms with van der Waals surface area (Å²) in [5, 5.41) is 12.3. The predicted molar refractivity (Wildman–Crippen MR) is 92.2 cm³/mol. The third-order valence-corrected chi connectivity index (χ3v) is 5.43. The predicted octanol–water partition coefficient (Wildman–Crippen LogP) is 1.12. The van der Waals surface area contributed by atoms with E-state index in [1.807, 2.05) is 12.2 Å². The summed E-state index contributed by atoms with van der Waals surface area (Å²) in [6.07, 6.45) is 3.93. The first-order valence-electron chi connectivity index (χ1n) is 8.38. The minimum absolute atomic E-state index is 0.0153. The van der Waals surface area contributed by atoms with Gasteiger partial charge in [-0.2, -0.15) is 0 Å². The van der Waals surface area contributed by atoms with Crippen molar-refractivity contribution in [2.45, 2.75) is 18.1 Å². The second-order valence-corrected chi connectivity index (χ2v) is 7.11. The van der Waals surface area contributed by atoms with Crippen LogP contribution in [-0.4, -0.2) is 48.3 Å². The fourth-order valence-electron chi connectivity index (χ4n) is 4.05. The van der Waals surface area contributed by atoms with Crippen LogP contribution < -0.4 is 10.2 Å². The van der Waals surface area contributed by atoms with E-state index in [9.17, 15) is 9.59 Å². The van der Waals surface area contributed by atoms with Gasteiger partial charge in [-0.25, -0.2) is 0 Å². The highest BCUT2D eigenvalue weighted by Crippen LogP contribution is 2.52. The van der Waals surface area contributed by atoms with Gasteiger partial charge in [0.25, 0.3) is 0 Å². The maximum absolute atomic E-state index is 13.1. The van der Waals surface area contributed by atoms with E-state index in [0.29, 0.717) is 24.5 Å². The van der Waals surface area contributed by atoms with Crippen molar-refractivity contribution < 1.29 is 19.4 Å². The quantitative estimate of drug-likeness (QED) is 0.608. The zero-order chi connectivity index (χ0) is 17.6. The molecule has 1 aromatic rings. The lowest BCUT2D eigenvalue weighted by molar-refractivity contribution is -0.131. The highest BCUT2D eigenvalue weighted by molar-refractivity contribution is 6.30. The number of carbonyl (C=O) groups is 2. The number of halogens is 1. The van der Waals surface area contributed by atoms with Gasteiger partial charge in [-0.15, -0.1) is 0 Å². The van der Waals surface area contributed by atoms with Crippen molar-refractivity contribution in [2.24, 2.45) is 11.8 Å². The number of nitrogens with one attached hydrogen (secondary N) is 1. The maximum atomic E-state index is 13.1. The molecule has 2 N–H and O–H groups in total. The van der Waals surface area contributed by atoms with Gasteiger partial charge in [0.1, 0.15) is 5.60 Å². The second-order valence-electron chi connectivity index (χ2n) is 6.67. The third kappa shape index (κ3) is 2.56. The van der Waals surface area contributed by atoms with Crippen molar-refractivity contribution in [3.63, 3.8) is 0 Å². The Morgan fingerprint density at radius 1 is 1.40 bits per heavy atom. The summed E-state index contributed by atoms with van der Waals surface area (Å²) in [7, 11) is 0. The summed E-state index contributed by atoms with van der Waals surface area (Å²) >= 11 is 5.93. The molecule has 0 saturated carbocycles. The van der Waals surface area contributed by atoms with Crippen molar-refractivity contribution in [2.75, 3.05) is 24.6 Å². The standard InChI is InChI=1S/C18H19ClN2O4/c19-11-2-4-12(5-3-11)21-10-18-7-6-13(25-18)14(15(18)17(21)24)16(23)20-8-1-9-22/h2-7,13-15,22H,1,8-10H2,(H,20,23)/t13-,14+,15+,18+/m1/s1. The van der Waals surface area contributed by atoms with E-state index in [-0.39, 0.29) is 24.5 Å². The molecule has 1 spiro atoms. The third-order valence-electron chi connectivity index (χ3n) is 5.18. The first-order chi connectivity index (χ1) is 12.1. The van der Waals surface area contributed by atoms with Crippen molar-refractivity contribution in [1.82, 2.24) is 5.32 Å². The fraction of sp³-hybridized carbons (Fsp3) is 0.444. The number of aliphatic hydroxyl groups is 1. The molecule has 0 aliphatic carbocycles. The largest absolute Gasteiger partial charge is 0.396 e. The molecule has 2 amide bonds. The van der Waals surface area contributed by atoms with E-state index >= 15 is 0 Å². The molecular weight excluding hydrogens is 344 g/mol. The Balaban J connectivity index is 1.59. The van der Waals surface area contributed by atoms with Crippen LogP contribution in [-0.2, 0) is 14.3 Å². The highest BCUT2D eigenvalue weighted by atomic mass is 35.5. The number of amides is 2. The average molecular weight is 363 g/mol. The van der Waals surface area contributed by atoms with Crippen LogP contribution in [0.25, 0.3) is 0 Å². The Kier molecular flexibility index (Phi) is 4.06. The molecule has 0 radical (unpaired) electrons. The maximum Gasteiger partial charge on any atom is 0.234 e. The SMILES string of the molecule is O=C(NCCCO)[C@@H]1[C@H]2C(=O)N(c3ccc(Cl)cc3)C[C@@]23C=C[C@H]1O3. The molecule has 6 nitrogen and oxygen atoms in total. The first kappa shape index (κ1) is 16.6. The molecule has 1 aromatic carbocycles. The van der Waals surface area contributed by atoms with E-state index < -0.39 is 17.4 Å². The number of rotatable bonds is 5. The number of fused-ring (bicyclic) bond motifs is 1. The minimum Gasteiger partial charge on any atom is -0.396 e. The van der Waals surface area contributed by atoms with Gasteiger partial charge in [0, 0.05) is 23.9 Å². The van der Waals surface area contributed by atoms with Crippen molar-refractivity contribution >= 4 is 29.1 Å². The van der Waals surface area contributed by atoms with Crippen LogP contribution in [0.2, 0.25) is 5.02 Å². The number of nitrogens with zero attached hydrogens (tertiary/aromatic N) is 1. The molecule has 4 atom stereocenters. The first-order valence-corrected chi connectivity index (χ1v) is 8.76. The molecule has 2 bridgehead atoms. The zero-order valence-corrected chi connectivity index (χ0v) is 14.3. The molecular formula is C18H19ClN2O4. The van der Waals surface area contributed by atoms with Crippen LogP contribution in [0.4, 0.5) is 5.69 Å². The van der Waals surface area contributed by atoms with Gasteiger partial charge in [0.2, 0.25) is 11.8 Å². The fourth-order valence-corrected chi connectivity index (χ4v) is 4.17. The van der Waals surface area contributed by atoms with Gasteiger partial charge < -0.3 is 20.1 Å². The Hall–Kier alpha value is -1.89. The molecule has 2 saturated heterocycles. The number of hydrogen-bond donors (Lipinski definition) is 2. The summed E-state index contributed by atoms with van der Waals surface area (Å²) < 4.78 is 6.06. The van der Waals surface area contributed by atoms with Crippen LogP contribution in [0.1, 0.15) is 6.42 Å². The van der Waals surface area contributed by atoms with E-state index in [0.717, 1.165) is 5.69 Å². The van der Waals surface area contributed by atoms with Crippen LogP contribution in [0.5, 0.6) is 0 Å². The Bertz CT molecular complexity index is 735.